The van der Waals surface area contributed by atoms with E-state index in [4.69, 9.17) is 16.2 Å². The highest BCUT2D eigenvalue weighted by Crippen LogP contribution is 2.20. The second-order valence-electron chi connectivity index (χ2n) is 4.14. The predicted molar refractivity (Wildman–Crippen MR) is 79.1 cm³/mol. The van der Waals surface area contributed by atoms with Crippen LogP contribution in [0.25, 0.3) is 0 Å². The van der Waals surface area contributed by atoms with Crippen molar-refractivity contribution in [1.29, 1.82) is 0 Å². The number of azo groups is 1. The van der Waals surface area contributed by atoms with E-state index in [1.54, 1.807) is 36.4 Å². The lowest BCUT2D eigenvalue weighted by Crippen LogP contribution is -2.08. The molecule has 0 fully saturated rings. The Balaban J connectivity index is 1.81. The van der Waals surface area contributed by atoms with Crippen LogP contribution in [0.5, 0.6) is 5.75 Å². The summed E-state index contributed by atoms with van der Waals surface area (Å²) in [6, 6.07) is 12.0. The first-order chi connectivity index (χ1) is 10.1. The van der Waals surface area contributed by atoms with Gasteiger partial charge in [0.15, 0.2) is 5.82 Å². The first-order valence-corrected chi connectivity index (χ1v) is 6.30. The first kappa shape index (κ1) is 14.4. The van der Waals surface area contributed by atoms with Crippen LogP contribution < -0.4 is 16.2 Å². The fraction of sp³-hybridized carbons (Fsp3) is 0.143. The Morgan fingerprint density at radius 2 is 1.90 bits per heavy atom. The molecule has 0 aliphatic carbocycles. The average molecular weight is 285 g/mol. The monoisotopic (exact) mass is 285 g/mol. The number of rotatable bonds is 5. The van der Waals surface area contributed by atoms with Gasteiger partial charge in [0.05, 0.1) is 13.0 Å². The third-order valence-corrected chi connectivity index (χ3v) is 2.49. The van der Waals surface area contributed by atoms with Crippen LogP contribution in [0.3, 0.4) is 0 Å². The number of para-hydroxylation sites is 1. The summed E-state index contributed by atoms with van der Waals surface area (Å²) in [4.78, 5) is 15.4. The standard InChI is InChI=1S/C14H15N5O2/c15-12-7-6-11(14(16)18-12)19-17-9-8-13(20)21-10-4-2-1-3-5-10/h1-7H,8-9H2,(H4,15,16,18). The van der Waals surface area contributed by atoms with Crippen molar-refractivity contribution in [3.05, 3.63) is 42.5 Å². The van der Waals surface area contributed by atoms with Crippen molar-refractivity contribution in [3.63, 3.8) is 0 Å². The molecule has 7 nitrogen and oxygen atoms in total. The number of pyridine rings is 1. The van der Waals surface area contributed by atoms with E-state index in [2.05, 4.69) is 15.2 Å². The Kier molecular flexibility index (Phi) is 4.81. The van der Waals surface area contributed by atoms with E-state index in [-0.39, 0.29) is 24.8 Å². The van der Waals surface area contributed by atoms with Crippen LogP contribution in [0, 0.1) is 0 Å². The van der Waals surface area contributed by atoms with Crippen molar-refractivity contribution < 1.29 is 9.53 Å². The third kappa shape index (κ3) is 4.57. The van der Waals surface area contributed by atoms with Crippen molar-refractivity contribution in [2.24, 2.45) is 10.2 Å². The van der Waals surface area contributed by atoms with Crippen molar-refractivity contribution in [1.82, 2.24) is 4.98 Å². The topological polar surface area (TPSA) is 116 Å². The lowest BCUT2D eigenvalue weighted by atomic mass is 10.3. The highest BCUT2D eigenvalue weighted by molar-refractivity contribution is 5.72. The fourth-order valence-corrected chi connectivity index (χ4v) is 1.51. The van der Waals surface area contributed by atoms with Gasteiger partial charge in [-0.15, -0.1) is 0 Å². The molecular weight excluding hydrogens is 270 g/mol. The van der Waals surface area contributed by atoms with Gasteiger partial charge in [0.1, 0.15) is 17.3 Å². The lowest BCUT2D eigenvalue weighted by Gasteiger charge is -2.02. The number of esters is 1. The van der Waals surface area contributed by atoms with E-state index in [0.717, 1.165) is 0 Å². The molecule has 1 aromatic carbocycles. The fourth-order valence-electron chi connectivity index (χ4n) is 1.51. The molecule has 0 aliphatic rings. The second-order valence-corrected chi connectivity index (χ2v) is 4.14. The van der Waals surface area contributed by atoms with Crippen LogP contribution in [-0.4, -0.2) is 17.5 Å². The van der Waals surface area contributed by atoms with Crippen LogP contribution in [0.1, 0.15) is 6.42 Å². The van der Waals surface area contributed by atoms with E-state index in [1.807, 2.05) is 6.07 Å². The van der Waals surface area contributed by atoms with Gasteiger partial charge in [-0.2, -0.15) is 10.2 Å². The molecule has 21 heavy (non-hydrogen) atoms. The van der Waals surface area contributed by atoms with Gasteiger partial charge < -0.3 is 16.2 Å². The van der Waals surface area contributed by atoms with E-state index in [0.29, 0.717) is 17.3 Å². The van der Waals surface area contributed by atoms with Gasteiger partial charge in [0, 0.05) is 0 Å². The summed E-state index contributed by atoms with van der Waals surface area (Å²) in [7, 11) is 0. The quantitative estimate of drug-likeness (QED) is 0.497. The maximum atomic E-state index is 11.6. The van der Waals surface area contributed by atoms with Crippen LogP contribution in [0.15, 0.2) is 52.7 Å². The van der Waals surface area contributed by atoms with Crippen LogP contribution in [-0.2, 0) is 4.79 Å². The summed E-state index contributed by atoms with van der Waals surface area (Å²) in [5, 5.41) is 7.78. The molecule has 0 radical (unpaired) electrons. The highest BCUT2D eigenvalue weighted by atomic mass is 16.5. The lowest BCUT2D eigenvalue weighted by molar-refractivity contribution is -0.134. The van der Waals surface area contributed by atoms with Crippen molar-refractivity contribution in [2.75, 3.05) is 18.0 Å². The summed E-state index contributed by atoms with van der Waals surface area (Å²) in [5.74, 6) is 0.651. The summed E-state index contributed by atoms with van der Waals surface area (Å²) in [6.45, 7) is 0.204. The molecule has 0 amide bonds. The number of ether oxygens (including phenoxy) is 1. The molecule has 0 spiro atoms. The van der Waals surface area contributed by atoms with Crippen molar-refractivity contribution in [3.8, 4) is 5.75 Å². The minimum absolute atomic E-state index is 0.126. The summed E-state index contributed by atoms with van der Waals surface area (Å²) < 4.78 is 5.11. The molecule has 0 unspecified atom stereocenters. The van der Waals surface area contributed by atoms with Crippen molar-refractivity contribution in [2.45, 2.75) is 6.42 Å². The van der Waals surface area contributed by atoms with Crippen LogP contribution >= 0.6 is 0 Å². The molecule has 0 saturated heterocycles. The summed E-state index contributed by atoms with van der Waals surface area (Å²) >= 11 is 0. The number of nitrogens with zero attached hydrogens (tertiary/aromatic N) is 3. The zero-order valence-electron chi connectivity index (χ0n) is 11.3. The molecule has 2 aromatic rings. The molecule has 0 atom stereocenters. The second kappa shape index (κ2) is 6.99. The zero-order valence-corrected chi connectivity index (χ0v) is 11.3. The molecule has 4 N–H and O–H groups in total. The van der Waals surface area contributed by atoms with Gasteiger partial charge in [0.2, 0.25) is 0 Å². The van der Waals surface area contributed by atoms with Gasteiger partial charge in [-0.05, 0) is 24.3 Å². The molecule has 2 rings (SSSR count). The van der Waals surface area contributed by atoms with Gasteiger partial charge >= 0.3 is 5.97 Å². The van der Waals surface area contributed by atoms with E-state index < -0.39 is 0 Å². The number of nitrogens with two attached hydrogens (primary N) is 2. The molecule has 0 saturated carbocycles. The van der Waals surface area contributed by atoms with E-state index in [9.17, 15) is 4.79 Å². The number of anilines is 2. The largest absolute Gasteiger partial charge is 0.426 e. The maximum Gasteiger partial charge on any atom is 0.313 e. The van der Waals surface area contributed by atoms with Gasteiger partial charge in [-0.3, -0.25) is 4.79 Å². The molecule has 7 heteroatoms. The number of aromatic nitrogens is 1. The first-order valence-electron chi connectivity index (χ1n) is 6.30. The number of carbonyl (C=O) groups excluding carboxylic acids is 1. The normalized spacial score (nSPS) is 10.7. The zero-order chi connectivity index (χ0) is 15.1. The van der Waals surface area contributed by atoms with Crippen LogP contribution in [0.4, 0.5) is 17.3 Å². The Bertz CT molecular complexity index is 643. The number of nitrogen functional groups attached to an aromatic ring is 2. The minimum Gasteiger partial charge on any atom is -0.426 e. The Morgan fingerprint density at radius 3 is 2.62 bits per heavy atom. The number of hydrogen-bond donors (Lipinski definition) is 2. The van der Waals surface area contributed by atoms with E-state index in [1.165, 1.54) is 0 Å². The SMILES string of the molecule is Nc1ccc(N=NCCC(=O)Oc2ccccc2)c(N)n1. The van der Waals surface area contributed by atoms with Crippen molar-refractivity contribution >= 4 is 23.3 Å². The molecule has 0 bridgehead atoms. The average Bonchev–Trinajstić information content (AvgIpc) is 2.46. The minimum atomic E-state index is -0.372. The summed E-state index contributed by atoms with van der Waals surface area (Å²) in [5.41, 5.74) is 11.5. The number of benzene rings is 1. The maximum absolute atomic E-state index is 11.6. The third-order valence-electron chi connectivity index (χ3n) is 2.49. The smallest absolute Gasteiger partial charge is 0.313 e. The highest BCUT2D eigenvalue weighted by Gasteiger charge is 2.04. The predicted octanol–water partition coefficient (Wildman–Crippen LogP) is 2.33. The van der Waals surface area contributed by atoms with Gasteiger partial charge in [0.25, 0.3) is 0 Å². The summed E-state index contributed by atoms with van der Waals surface area (Å²) in [6.07, 6.45) is 0.126. The van der Waals surface area contributed by atoms with E-state index >= 15 is 0 Å². The van der Waals surface area contributed by atoms with Crippen LogP contribution in [0.2, 0.25) is 0 Å². The Hall–Kier alpha value is -2.96. The van der Waals surface area contributed by atoms with Gasteiger partial charge in [-0.1, -0.05) is 18.2 Å². The molecule has 1 aromatic heterocycles. The molecule has 1 heterocycles. The number of carbonyl (C=O) groups is 1. The van der Waals surface area contributed by atoms with Gasteiger partial charge in [-0.25, -0.2) is 4.98 Å². The molecule has 0 aliphatic heterocycles. The molecule has 108 valence electrons. The number of hydrogen-bond acceptors (Lipinski definition) is 7. The Labute approximate surface area is 121 Å². The molecular formula is C14H15N5O2. The Morgan fingerprint density at radius 1 is 1.14 bits per heavy atom.